The molecule has 33 heavy (non-hydrogen) atoms. The van der Waals surface area contributed by atoms with E-state index in [1.54, 1.807) is 12.4 Å². The quantitative estimate of drug-likeness (QED) is 0.303. The molecule has 3 aromatic heterocycles. The molecule has 0 aliphatic rings. The summed E-state index contributed by atoms with van der Waals surface area (Å²) in [5, 5.41) is 11.1. The fraction of sp³-hybridized carbons (Fsp3) is 0.0833. The molecule has 0 saturated heterocycles. The molecule has 0 unspecified atom stereocenters. The van der Waals surface area contributed by atoms with E-state index < -0.39 is 16.4 Å². The number of fused-ring (bicyclic) bond motifs is 1. The lowest BCUT2D eigenvalue weighted by Gasteiger charge is -2.04. The minimum Gasteiger partial charge on any atom is -0.340 e. The lowest BCUT2D eigenvalue weighted by Crippen LogP contribution is -1.96. The summed E-state index contributed by atoms with van der Waals surface area (Å²) in [6, 6.07) is 15.3. The zero-order valence-electron chi connectivity index (χ0n) is 17.5. The van der Waals surface area contributed by atoms with E-state index in [4.69, 9.17) is 4.98 Å². The van der Waals surface area contributed by atoms with Crippen molar-refractivity contribution in [3.8, 4) is 22.6 Å². The van der Waals surface area contributed by atoms with Crippen LogP contribution in [0.3, 0.4) is 0 Å². The molecule has 5 rings (SSSR count). The van der Waals surface area contributed by atoms with Gasteiger partial charge in [-0.2, -0.15) is 4.39 Å². The number of nitro benzene ring substituents is 1. The minimum atomic E-state index is -0.870. The van der Waals surface area contributed by atoms with Crippen LogP contribution in [-0.4, -0.2) is 29.8 Å². The van der Waals surface area contributed by atoms with Crippen molar-refractivity contribution >= 4 is 16.7 Å². The largest absolute Gasteiger partial charge is 0.340 e. The average molecular weight is 440 g/mol. The first-order valence-electron chi connectivity index (χ1n) is 10.1. The number of imidazole rings is 1. The van der Waals surface area contributed by atoms with E-state index in [1.165, 1.54) is 12.1 Å². The van der Waals surface area contributed by atoms with E-state index in [0.717, 1.165) is 28.4 Å². The number of nitro groups is 1. The molecule has 0 radical (unpaired) electrons. The third-order valence-electron chi connectivity index (χ3n) is 5.22. The third kappa shape index (κ3) is 4.03. The SMILES string of the molecule is Cc1cccc(-c2[nH]c(Cc3ccc(F)c([N+](=O)[O-])c3)nc2-c2ccc3nccnc3c2)n1. The molecule has 0 fully saturated rings. The van der Waals surface area contributed by atoms with Crippen LogP contribution < -0.4 is 0 Å². The monoisotopic (exact) mass is 440 g/mol. The molecule has 162 valence electrons. The van der Waals surface area contributed by atoms with Gasteiger partial charge in [0, 0.05) is 36.1 Å². The van der Waals surface area contributed by atoms with Gasteiger partial charge in [0.1, 0.15) is 5.82 Å². The van der Waals surface area contributed by atoms with Crippen molar-refractivity contribution < 1.29 is 9.31 Å². The molecule has 0 aliphatic heterocycles. The van der Waals surface area contributed by atoms with Crippen LogP contribution in [-0.2, 0) is 6.42 Å². The van der Waals surface area contributed by atoms with Gasteiger partial charge in [0.15, 0.2) is 0 Å². The standard InChI is InChI=1S/C24H17FN6O2/c1-14-3-2-4-19(28-14)24-23(16-6-8-18-20(13-16)27-10-9-26-18)29-22(30-24)12-15-5-7-17(25)21(11-15)31(32)33/h2-11,13H,12H2,1H3,(H,29,30). The molecule has 0 aliphatic carbocycles. The van der Waals surface area contributed by atoms with Gasteiger partial charge in [0.05, 0.1) is 33.0 Å². The number of benzene rings is 2. The van der Waals surface area contributed by atoms with Crippen LogP contribution in [0.1, 0.15) is 17.1 Å². The summed E-state index contributed by atoms with van der Waals surface area (Å²) in [5.74, 6) is -0.297. The van der Waals surface area contributed by atoms with Crippen LogP contribution in [0, 0.1) is 22.9 Å². The lowest BCUT2D eigenvalue weighted by atomic mass is 10.1. The minimum absolute atomic E-state index is 0.257. The Kier molecular flexibility index (Phi) is 5.06. The molecule has 0 atom stereocenters. The number of rotatable bonds is 5. The van der Waals surface area contributed by atoms with Crippen LogP contribution in [0.2, 0.25) is 0 Å². The van der Waals surface area contributed by atoms with Crippen molar-refractivity contribution in [1.82, 2.24) is 24.9 Å². The first-order valence-corrected chi connectivity index (χ1v) is 10.1. The Balaban J connectivity index is 1.62. The number of hydrogen-bond acceptors (Lipinski definition) is 6. The van der Waals surface area contributed by atoms with Gasteiger partial charge in [0.2, 0.25) is 5.82 Å². The number of hydrogen-bond donors (Lipinski definition) is 1. The van der Waals surface area contributed by atoms with E-state index in [9.17, 15) is 14.5 Å². The molecular formula is C24H17FN6O2. The summed E-state index contributed by atoms with van der Waals surface area (Å²) >= 11 is 0. The van der Waals surface area contributed by atoms with Crippen LogP contribution in [0.15, 0.2) is 67.0 Å². The Morgan fingerprint density at radius 3 is 2.61 bits per heavy atom. The third-order valence-corrected chi connectivity index (χ3v) is 5.22. The highest BCUT2D eigenvalue weighted by Crippen LogP contribution is 2.31. The van der Waals surface area contributed by atoms with Gasteiger partial charge in [-0.25, -0.2) is 4.98 Å². The second-order valence-electron chi connectivity index (χ2n) is 7.55. The van der Waals surface area contributed by atoms with E-state index in [0.29, 0.717) is 28.5 Å². The van der Waals surface area contributed by atoms with Gasteiger partial charge < -0.3 is 4.98 Å². The molecule has 2 aromatic carbocycles. The zero-order valence-corrected chi connectivity index (χ0v) is 17.5. The van der Waals surface area contributed by atoms with E-state index in [2.05, 4.69) is 19.9 Å². The Hall–Kier alpha value is -4.53. The predicted molar refractivity (Wildman–Crippen MR) is 121 cm³/mol. The summed E-state index contributed by atoms with van der Waals surface area (Å²) < 4.78 is 13.8. The zero-order chi connectivity index (χ0) is 22.9. The lowest BCUT2D eigenvalue weighted by molar-refractivity contribution is -0.387. The van der Waals surface area contributed by atoms with Crippen molar-refractivity contribution in [2.75, 3.05) is 0 Å². The Morgan fingerprint density at radius 1 is 1.00 bits per heavy atom. The van der Waals surface area contributed by atoms with E-state index >= 15 is 0 Å². The fourth-order valence-corrected chi connectivity index (χ4v) is 3.69. The first-order chi connectivity index (χ1) is 16.0. The predicted octanol–water partition coefficient (Wildman–Crippen LogP) is 5.03. The number of aromatic amines is 1. The molecule has 8 nitrogen and oxygen atoms in total. The average Bonchev–Trinajstić information content (AvgIpc) is 3.23. The first kappa shape index (κ1) is 20.4. The van der Waals surface area contributed by atoms with Gasteiger partial charge in [0.25, 0.3) is 0 Å². The second kappa shape index (κ2) is 8.19. The fourth-order valence-electron chi connectivity index (χ4n) is 3.69. The van der Waals surface area contributed by atoms with Crippen molar-refractivity contribution in [3.05, 3.63) is 100 Å². The molecule has 0 amide bonds. The highest BCUT2D eigenvalue weighted by Gasteiger charge is 2.19. The number of aromatic nitrogens is 5. The Morgan fingerprint density at radius 2 is 1.82 bits per heavy atom. The molecule has 1 N–H and O–H groups in total. The molecular weight excluding hydrogens is 423 g/mol. The van der Waals surface area contributed by atoms with Gasteiger partial charge in [-0.3, -0.25) is 25.1 Å². The summed E-state index contributed by atoms with van der Waals surface area (Å²) in [6.07, 6.45) is 3.53. The number of halogens is 1. The maximum Gasteiger partial charge on any atom is 0.305 e. The molecule has 3 heterocycles. The highest BCUT2D eigenvalue weighted by atomic mass is 19.1. The summed E-state index contributed by atoms with van der Waals surface area (Å²) in [6.45, 7) is 1.91. The maximum absolute atomic E-state index is 13.8. The van der Waals surface area contributed by atoms with E-state index in [-0.39, 0.29) is 6.42 Å². The van der Waals surface area contributed by atoms with Gasteiger partial charge >= 0.3 is 5.69 Å². The summed E-state index contributed by atoms with van der Waals surface area (Å²) in [5.41, 5.74) is 5.29. The van der Waals surface area contributed by atoms with E-state index in [1.807, 2.05) is 43.3 Å². The van der Waals surface area contributed by atoms with Crippen molar-refractivity contribution in [1.29, 1.82) is 0 Å². The number of nitrogens with one attached hydrogen (secondary N) is 1. The normalized spacial score (nSPS) is 11.1. The van der Waals surface area contributed by atoms with Crippen molar-refractivity contribution in [2.45, 2.75) is 13.3 Å². The summed E-state index contributed by atoms with van der Waals surface area (Å²) in [4.78, 5) is 31.8. The van der Waals surface area contributed by atoms with Gasteiger partial charge in [-0.05, 0) is 42.8 Å². The van der Waals surface area contributed by atoms with Crippen LogP contribution >= 0.6 is 0 Å². The van der Waals surface area contributed by atoms with Crippen LogP contribution in [0.4, 0.5) is 10.1 Å². The van der Waals surface area contributed by atoms with Gasteiger partial charge in [-0.15, -0.1) is 0 Å². The number of pyridine rings is 1. The highest BCUT2D eigenvalue weighted by molar-refractivity contribution is 5.84. The topological polar surface area (TPSA) is 110 Å². The molecule has 5 aromatic rings. The molecule has 9 heteroatoms. The number of nitrogens with zero attached hydrogens (tertiary/aromatic N) is 5. The van der Waals surface area contributed by atoms with Gasteiger partial charge in [-0.1, -0.05) is 18.2 Å². The van der Waals surface area contributed by atoms with Crippen molar-refractivity contribution in [2.24, 2.45) is 0 Å². The molecule has 0 saturated carbocycles. The smallest absolute Gasteiger partial charge is 0.305 e. The number of H-pyrrole nitrogens is 1. The van der Waals surface area contributed by atoms with Crippen molar-refractivity contribution in [3.63, 3.8) is 0 Å². The second-order valence-corrected chi connectivity index (χ2v) is 7.55. The molecule has 0 spiro atoms. The summed E-state index contributed by atoms with van der Waals surface area (Å²) in [7, 11) is 0. The van der Waals surface area contributed by atoms with Crippen LogP contribution in [0.25, 0.3) is 33.7 Å². The Labute approximate surface area is 187 Å². The Bertz CT molecular complexity index is 1510. The molecule has 0 bridgehead atoms. The van der Waals surface area contributed by atoms with Crippen LogP contribution in [0.5, 0.6) is 0 Å². The number of aryl methyl sites for hydroxylation is 1. The maximum atomic E-state index is 13.8.